The maximum absolute atomic E-state index is 14.0. The summed E-state index contributed by atoms with van der Waals surface area (Å²) >= 11 is 0. The molecule has 7 nitrogen and oxygen atoms in total. The highest BCUT2D eigenvalue weighted by atomic mass is 19.1. The predicted octanol–water partition coefficient (Wildman–Crippen LogP) is 2.53. The molecule has 2 fully saturated rings. The maximum Gasteiger partial charge on any atom is 0.275 e. The van der Waals surface area contributed by atoms with Crippen LogP contribution in [0.15, 0.2) is 21.2 Å². The van der Waals surface area contributed by atoms with Gasteiger partial charge in [0.2, 0.25) is 0 Å². The lowest BCUT2D eigenvalue weighted by Crippen LogP contribution is -2.41. The van der Waals surface area contributed by atoms with Crippen molar-refractivity contribution in [3.63, 3.8) is 0 Å². The van der Waals surface area contributed by atoms with Gasteiger partial charge in [-0.3, -0.25) is 9.69 Å². The average Bonchev–Trinajstić information content (AvgIpc) is 3.02. The maximum atomic E-state index is 14.0. The second-order valence-electron chi connectivity index (χ2n) is 7.43. The summed E-state index contributed by atoms with van der Waals surface area (Å²) in [6.45, 7) is 3.11. The number of likely N-dealkylation sites (N-methyl/N-ethyl adjacent to an activating group) is 1. The van der Waals surface area contributed by atoms with Crippen molar-refractivity contribution >= 4 is 5.91 Å². The van der Waals surface area contributed by atoms with Crippen LogP contribution in [-0.4, -0.2) is 58.4 Å². The zero-order valence-corrected chi connectivity index (χ0v) is 15.0. The van der Waals surface area contributed by atoms with Crippen molar-refractivity contribution in [2.45, 2.75) is 50.9 Å². The highest BCUT2D eigenvalue weighted by Gasteiger charge is 2.35. The van der Waals surface area contributed by atoms with Crippen molar-refractivity contribution in [2.75, 3.05) is 20.1 Å². The first-order valence-electron chi connectivity index (χ1n) is 9.02. The number of rotatable bonds is 6. The van der Waals surface area contributed by atoms with Crippen LogP contribution in [0.5, 0.6) is 0 Å². The van der Waals surface area contributed by atoms with Gasteiger partial charge in [-0.1, -0.05) is 10.3 Å². The molecule has 1 saturated heterocycles. The van der Waals surface area contributed by atoms with E-state index in [1.807, 2.05) is 17.9 Å². The molecule has 140 valence electrons. The van der Waals surface area contributed by atoms with E-state index in [0.29, 0.717) is 43.4 Å². The topological polar surface area (TPSA) is 75.6 Å². The Labute approximate surface area is 151 Å². The van der Waals surface area contributed by atoms with Crippen molar-refractivity contribution in [1.29, 1.82) is 0 Å². The molecule has 26 heavy (non-hydrogen) atoms. The van der Waals surface area contributed by atoms with Gasteiger partial charge in [-0.2, -0.15) is 0 Å². The van der Waals surface area contributed by atoms with Gasteiger partial charge in [0.1, 0.15) is 11.9 Å². The third-order valence-corrected chi connectivity index (χ3v) is 5.07. The summed E-state index contributed by atoms with van der Waals surface area (Å²) < 4.78 is 24.5. The third-order valence-electron chi connectivity index (χ3n) is 5.07. The van der Waals surface area contributed by atoms with E-state index < -0.39 is 6.17 Å². The fourth-order valence-corrected chi connectivity index (χ4v) is 3.54. The van der Waals surface area contributed by atoms with E-state index in [9.17, 15) is 9.18 Å². The van der Waals surface area contributed by atoms with E-state index in [1.165, 1.54) is 0 Å². The summed E-state index contributed by atoms with van der Waals surface area (Å²) in [5.74, 6) is 1.71. The first kappa shape index (κ1) is 17.2. The molecule has 1 aliphatic carbocycles. The Bertz CT molecular complexity index is 785. The van der Waals surface area contributed by atoms with Crippen LogP contribution >= 0.6 is 0 Å². The van der Waals surface area contributed by atoms with Gasteiger partial charge in [0, 0.05) is 44.2 Å². The van der Waals surface area contributed by atoms with Crippen LogP contribution in [0.1, 0.15) is 52.9 Å². The Morgan fingerprint density at radius 1 is 1.35 bits per heavy atom. The van der Waals surface area contributed by atoms with Gasteiger partial charge in [0.15, 0.2) is 11.5 Å². The van der Waals surface area contributed by atoms with Crippen molar-refractivity contribution in [1.82, 2.24) is 20.1 Å². The first-order chi connectivity index (χ1) is 12.5. The van der Waals surface area contributed by atoms with E-state index >= 15 is 0 Å². The fourth-order valence-electron chi connectivity index (χ4n) is 3.54. The van der Waals surface area contributed by atoms with Gasteiger partial charge in [-0.05, 0) is 26.2 Å². The van der Waals surface area contributed by atoms with E-state index in [4.69, 9.17) is 9.05 Å². The summed E-state index contributed by atoms with van der Waals surface area (Å²) in [7, 11) is 1.72. The smallest absolute Gasteiger partial charge is 0.275 e. The second-order valence-corrected chi connectivity index (χ2v) is 7.43. The molecule has 2 aromatic heterocycles. The largest absolute Gasteiger partial charge is 0.360 e. The highest BCUT2D eigenvalue weighted by molar-refractivity contribution is 5.92. The molecular formula is C18H23FN4O3. The number of carbonyl (C=O) groups excluding carboxylic acids is 1. The zero-order valence-electron chi connectivity index (χ0n) is 15.0. The molecule has 0 radical (unpaired) electrons. The van der Waals surface area contributed by atoms with Crippen LogP contribution in [-0.2, 0) is 6.54 Å². The number of alkyl halides is 1. The number of carbonyl (C=O) groups is 1. The van der Waals surface area contributed by atoms with Crippen molar-refractivity contribution in [3.8, 4) is 0 Å². The minimum atomic E-state index is -0.902. The predicted molar refractivity (Wildman–Crippen MR) is 90.4 cm³/mol. The number of likely N-dealkylation sites (tertiary alicyclic amines) is 1. The number of aromatic nitrogens is 2. The monoisotopic (exact) mass is 362 g/mol. The molecule has 0 N–H and O–H groups in total. The van der Waals surface area contributed by atoms with Gasteiger partial charge >= 0.3 is 0 Å². The summed E-state index contributed by atoms with van der Waals surface area (Å²) in [5.41, 5.74) is 1.12. The summed E-state index contributed by atoms with van der Waals surface area (Å²) in [6.07, 6.45) is 1.68. The van der Waals surface area contributed by atoms with Gasteiger partial charge < -0.3 is 13.9 Å². The molecule has 2 aliphatic rings. The average molecular weight is 362 g/mol. The molecule has 1 amide bonds. The third kappa shape index (κ3) is 3.65. The standard InChI is InChI=1S/C18H23FN4O3/c1-11-5-15(25-20-11)10-23-8-13(19)6-14(23)9-22(2)18(24)16-7-17(26-21-16)12-3-4-12/h5,7,12-14H,3-4,6,8-10H2,1-2H3/t13-,14-/m0/s1. The Morgan fingerprint density at radius 3 is 2.85 bits per heavy atom. The lowest BCUT2D eigenvalue weighted by molar-refractivity contribution is 0.0735. The summed E-state index contributed by atoms with van der Waals surface area (Å²) in [6, 6.07) is 3.52. The Hall–Kier alpha value is -2.22. The van der Waals surface area contributed by atoms with Gasteiger partial charge in [0.25, 0.3) is 5.91 Å². The lowest BCUT2D eigenvalue weighted by Gasteiger charge is -2.27. The number of halogens is 1. The molecule has 1 saturated carbocycles. The molecule has 3 heterocycles. The van der Waals surface area contributed by atoms with Crippen LogP contribution < -0.4 is 0 Å². The van der Waals surface area contributed by atoms with Crippen molar-refractivity contribution in [3.05, 3.63) is 35.0 Å². The van der Waals surface area contributed by atoms with E-state index in [0.717, 1.165) is 24.3 Å². The molecule has 0 spiro atoms. The molecule has 1 aliphatic heterocycles. The van der Waals surface area contributed by atoms with E-state index in [1.54, 1.807) is 18.0 Å². The second kappa shape index (κ2) is 6.83. The summed E-state index contributed by atoms with van der Waals surface area (Å²) in [5, 5.41) is 7.77. The van der Waals surface area contributed by atoms with E-state index in [2.05, 4.69) is 10.3 Å². The molecule has 8 heteroatoms. The van der Waals surface area contributed by atoms with Crippen LogP contribution in [0.25, 0.3) is 0 Å². The number of hydrogen-bond acceptors (Lipinski definition) is 6. The lowest BCUT2D eigenvalue weighted by atomic mass is 10.2. The Kier molecular flexibility index (Phi) is 4.52. The molecule has 0 aromatic carbocycles. The zero-order chi connectivity index (χ0) is 18.3. The molecular weight excluding hydrogens is 339 g/mol. The fraction of sp³-hybridized carbons (Fsp3) is 0.611. The number of hydrogen-bond donors (Lipinski definition) is 0. The quantitative estimate of drug-likeness (QED) is 0.786. The molecule has 0 unspecified atom stereocenters. The highest BCUT2D eigenvalue weighted by Crippen LogP contribution is 2.40. The Balaban J connectivity index is 1.39. The first-order valence-corrected chi connectivity index (χ1v) is 9.02. The SMILES string of the molecule is Cc1cc(CN2C[C@@H](F)C[C@H]2CN(C)C(=O)c2cc(C3CC3)on2)on1. The molecule has 4 rings (SSSR count). The van der Waals surface area contributed by atoms with Gasteiger partial charge in [-0.15, -0.1) is 0 Å². The number of nitrogens with zero attached hydrogens (tertiary/aromatic N) is 4. The summed E-state index contributed by atoms with van der Waals surface area (Å²) in [4.78, 5) is 16.2. The Morgan fingerprint density at radius 2 is 2.15 bits per heavy atom. The van der Waals surface area contributed by atoms with E-state index in [-0.39, 0.29) is 11.9 Å². The molecule has 0 bridgehead atoms. The van der Waals surface area contributed by atoms with Crippen LogP contribution in [0.4, 0.5) is 4.39 Å². The minimum Gasteiger partial charge on any atom is -0.360 e. The van der Waals surface area contributed by atoms with Crippen molar-refractivity contribution in [2.24, 2.45) is 0 Å². The molecule has 2 aromatic rings. The molecule has 2 atom stereocenters. The van der Waals surface area contributed by atoms with Crippen LogP contribution in [0, 0.1) is 6.92 Å². The normalized spacial score (nSPS) is 23.5. The van der Waals surface area contributed by atoms with Gasteiger partial charge in [-0.25, -0.2) is 4.39 Å². The van der Waals surface area contributed by atoms with Gasteiger partial charge in [0.05, 0.1) is 12.2 Å². The number of aryl methyl sites for hydroxylation is 1. The van der Waals surface area contributed by atoms with Crippen molar-refractivity contribution < 1.29 is 18.2 Å². The van der Waals surface area contributed by atoms with Crippen LogP contribution in [0.3, 0.4) is 0 Å². The van der Waals surface area contributed by atoms with Crippen LogP contribution in [0.2, 0.25) is 0 Å². The minimum absolute atomic E-state index is 0.0702. The number of amides is 1.